The van der Waals surface area contributed by atoms with Crippen LogP contribution in [0, 0.1) is 39.4 Å². The molecule has 0 bridgehead atoms. The number of carbonyl (C=O) groups excluding carboxylic acids is 4. The van der Waals surface area contributed by atoms with Crippen LogP contribution < -0.4 is 0 Å². The van der Waals surface area contributed by atoms with Crippen LogP contribution in [0.4, 0.5) is 0 Å². The number of aliphatic hydroxyl groups is 1. The summed E-state index contributed by atoms with van der Waals surface area (Å²) in [7, 11) is 0. The van der Waals surface area contributed by atoms with Gasteiger partial charge in [-0.2, -0.15) is 0 Å². The summed E-state index contributed by atoms with van der Waals surface area (Å²) in [5.41, 5.74) is -1.43. The molecule has 0 amide bonds. The Kier molecular flexibility index (Phi) is 6.38. The smallest absolute Gasteiger partial charge is 0.306 e. The third-order valence-corrected chi connectivity index (χ3v) is 10.9. The van der Waals surface area contributed by atoms with Crippen molar-refractivity contribution in [2.24, 2.45) is 39.4 Å². The van der Waals surface area contributed by atoms with Gasteiger partial charge in [0.1, 0.15) is 11.6 Å². The molecule has 4 aliphatic carbocycles. The summed E-state index contributed by atoms with van der Waals surface area (Å²) in [5.74, 6) is -2.74. The minimum atomic E-state index is -1.08. The number of aliphatic hydroxyl groups excluding tert-OH is 1. The number of rotatable bonds is 5. The van der Waals surface area contributed by atoms with Gasteiger partial charge in [0, 0.05) is 42.1 Å². The molecule has 0 heterocycles. The van der Waals surface area contributed by atoms with Crippen LogP contribution in [0.15, 0.2) is 22.8 Å². The van der Waals surface area contributed by atoms with Crippen molar-refractivity contribution < 1.29 is 34.2 Å². The fourth-order valence-electron chi connectivity index (χ4n) is 8.51. The van der Waals surface area contributed by atoms with Crippen molar-refractivity contribution in [1.29, 1.82) is 0 Å². The number of allylic oxidation sites excluding steroid dienone is 3. The lowest BCUT2D eigenvalue weighted by Gasteiger charge is -2.60. The van der Waals surface area contributed by atoms with Gasteiger partial charge in [0.25, 0.3) is 0 Å². The topological polar surface area (TPSA) is 126 Å². The minimum Gasteiger partial charge on any atom is -0.481 e. The van der Waals surface area contributed by atoms with Crippen LogP contribution >= 0.6 is 0 Å². The third kappa shape index (κ3) is 3.67. The molecule has 4 aliphatic rings. The van der Waals surface area contributed by atoms with Gasteiger partial charge in [-0.1, -0.05) is 40.2 Å². The second kappa shape index (κ2) is 8.55. The maximum absolute atomic E-state index is 14.0. The van der Waals surface area contributed by atoms with Gasteiger partial charge in [-0.05, 0) is 55.6 Å². The van der Waals surface area contributed by atoms with Gasteiger partial charge >= 0.3 is 5.97 Å². The highest BCUT2D eigenvalue weighted by atomic mass is 16.4. The van der Waals surface area contributed by atoms with Gasteiger partial charge in [0.2, 0.25) is 0 Å². The van der Waals surface area contributed by atoms with Gasteiger partial charge in [-0.15, -0.1) is 0 Å². The molecule has 0 radical (unpaired) electrons. The first-order chi connectivity index (χ1) is 16.9. The molecule has 7 nitrogen and oxygen atoms in total. The minimum absolute atomic E-state index is 0.0497. The predicted octanol–water partition coefficient (Wildman–Crippen LogP) is 4.26. The van der Waals surface area contributed by atoms with Gasteiger partial charge in [0.15, 0.2) is 11.6 Å². The second-order valence-electron chi connectivity index (χ2n) is 13.3. The summed E-state index contributed by atoms with van der Waals surface area (Å²) in [6.07, 6.45) is 1.78. The number of fused-ring (bicyclic) bond motifs is 4. The van der Waals surface area contributed by atoms with Crippen molar-refractivity contribution in [3.05, 3.63) is 22.8 Å². The largest absolute Gasteiger partial charge is 0.481 e. The Morgan fingerprint density at radius 2 is 1.70 bits per heavy atom. The Hall–Kier alpha value is -2.41. The zero-order valence-corrected chi connectivity index (χ0v) is 23.1. The van der Waals surface area contributed by atoms with Crippen LogP contribution in [0.1, 0.15) is 87.0 Å². The first-order valence-corrected chi connectivity index (χ1v) is 13.4. The molecule has 0 aromatic rings. The summed E-state index contributed by atoms with van der Waals surface area (Å²) in [5, 5.41) is 20.7. The number of hydrogen-bond acceptors (Lipinski definition) is 6. The predicted molar refractivity (Wildman–Crippen MR) is 136 cm³/mol. The average molecular weight is 513 g/mol. The molecule has 2 fully saturated rings. The van der Waals surface area contributed by atoms with E-state index in [0.29, 0.717) is 36.0 Å². The monoisotopic (exact) mass is 512 g/mol. The highest BCUT2D eigenvalue weighted by Crippen LogP contribution is 2.70. The van der Waals surface area contributed by atoms with E-state index >= 15 is 0 Å². The molecule has 0 aliphatic heterocycles. The van der Waals surface area contributed by atoms with E-state index in [2.05, 4.69) is 0 Å². The molecule has 7 heteroatoms. The summed E-state index contributed by atoms with van der Waals surface area (Å²) in [6.45, 7) is 12.9. The number of aliphatic carboxylic acids is 1. The molecule has 37 heavy (non-hydrogen) atoms. The van der Waals surface area contributed by atoms with Crippen LogP contribution in [0.3, 0.4) is 0 Å². The Morgan fingerprint density at radius 3 is 2.30 bits per heavy atom. The SMILES string of the molecule is C/C(=C\C(=O)C[C@H](C)C(=O)O)[C@H]1CC(=O)[C@@]2(C)C3=C(C(=O)C[C@]12C)[C@@]1(C)CCC(=O)C(C)(C)[C@@H]1C[C@@H]3O. The lowest BCUT2D eigenvalue weighted by molar-refractivity contribution is -0.146. The molecule has 2 N–H and O–H groups in total. The van der Waals surface area contributed by atoms with Crippen LogP contribution in [-0.4, -0.2) is 45.4 Å². The highest BCUT2D eigenvalue weighted by molar-refractivity contribution is 6.06. The molecule has 0 spiro atoms. The van der Waals surface area contributed by atoms with E-state index in [1.54, 1.807) is 6.92 Å². The molecule has 4 rings (SSSR count). The molecular formula is C30H40O7. The van der Waals surface area contributed by atoms with Crippen molar-refractivity contribution in [2.75, 3.05) is 0 Å². The molecular weight excluding hydrogens is 472 g/mol. The van der Waals surface area contributed by atoms with Crippen molar-refractivity contribution in [2.45, 2.75) is 93.1 Å². The zero-order valence-electron chi connectivity index (χ0n) is 23.1. The molecule has 0 saturated heterocycles. The summed E-state index contributed by atoms with van der Waals surface area (Å²) < 4.78 is 0. The van der Waals surface area contributed by atoms with E-state index < -0.39 is 39.7 Å². The molecule has 0 aromatic carbocycles. The van der Waals surface area contributed by atoms with Gasteiger partial charge in [-0.25, -0.2) is 0 Å². The van der Waals surface area contributed by atoms with E-state index in [1.807, 2.05) is 34.6 Å². The van der Waals surface area contributed by atoms with Crippen molar-refractivity contribution in [3.8, 4) is 0 Å². The van der Waals surface area contributed by atoms with Gasteiger partial charge in [-0.3, -0.25) is 24.0 Å². The molecule has 7 atom stereocenters. The zero-order chi connectivity index (χ0) is 27.9. The van der Waals surface area contributed by atoms with E-state index in [9.17, 15) is 29.1 Å². The molecule has 0 unspecified atom stereocenters. The fraction of sp³-hybridized carbons (Fsp3) is 0.700. The maximum Gasteiger partial charge on any atom is 0.306 e. The Labute approximate surface area is 218 Å². The summed E-state index contributed by atoms with van der Waals surface area (Å²) >= 11 is 0. The normalized spacial score (nSPS) is 40.2. The number of hydrogen-bond donors (Lipinski definition) is 2. The first-order valence-electron chi connectivity index (χ1n) is 13.4. The van der Waals surface area contributed by atoms with E-state index in [1.165, 1.54) is 13.0 Å². The third-order valence-electron chi connectivity index (χ3n) is 10.9. The van der Waals surface area contributed by atoms with E-state index in [0.717, 1.165) is 0 Å². The maximum atomic E-state index is 14.0. The number of ketones is 4. The summed E-state index contributed by atoms with van der Waals surface area (Å²) in [4.78, 5) is 64.5. The Bertz CT molecular complexity index is 1170. The second-order valence-corrected chi connectivity index (χ2v) is 13.3. The van der Waals surface area contributed by atoms with Crippen LogP contribution in [0.25, 0.3) is 0 Å². The molecule has 2 saturated carbocycles. The number of carboxylic acids is 1. The van der Waals surface area contributed by atoms with Gasteiger partial charge in [0.05, 0.1) is 17.4 Å². The number of carbonyl (C=O) groups is 5. The van der Waals surface area contributed by atoms with Crippen LogP contribution in [0.2, 0.25) is 0 Å². The quantitative estimate of drug-likeness (QED) is 0.527. The lowest BCUT2D eigenvalue weighted by Crippen LogP contribution is -2.59. The fourth-order valence-corrected chi connectivity index (χ4v) is 8.51. The van der Waals surface area contributed by atoms with Crippen molar-refractivity contribution in [3.63, 3.8) is 0 Å². The standard InChI is InChI=1S/C30H40O7/c1-15(10-17(31)11-16(2)26(36)37)18-12-23(35)30(7)25-19(32)13-21-27(3,4)22(34)8-9-28(21,5)24(25)20(33)14-29(18,30)6/h10,16,18-19,21,32H,8-9,11-14H2,1-7H3,(H,36,37)/b15-10+/t16-,18+,19-,21-,28-,29+,30-/m0/s1. The summed E-state index contributed by atoms with van der Waals surface area (Å²) in [6, 6.07) is 0. The number of Topliss-reactive ketones (excluding diaryl/α,β-unsaturated/α-hetero) is 3. The first kappa shape index (κ1) is 27.6. The van der Waals surface area contributed by atoms with Crippen LogP contribution in [0.5, 0.6) is 0 Å². The Balaban J connectivity index is 1.81. The van der Waals surface area contributed by atoms with Crippen molar-refractivity contribution in [1.82, 2.24) is 0 Å². The molecule has 0 aromatic heterocycles. The van der Waals surface area contributed by atoms with Crippen molar-refractivity contribution >= 4 is 29.1 Å². The van der Waals surface area contributed by atoms with E-state index in [-0.39, 0.29) is 54.2 Å². The van der Waals surface area contributed by atoms with Crippen LogP contribution in [-0.2, 0) is 24.0 Å². The van der Waals surface area contributed by atoms with Gasteiger partial charge < -0.3 is 10.2 Å². The molecule has 202 valence electrons. The van der Waals surface area contributed by atoms with E-state index in [4.69, 9.17) is 5.11 Å². The lowest BCUT2D eigenvalue weighted by atomic mass is 9.42. The Morgan fingerprint density at radius 1 is 1.08 bits per heavy atom. The highest BCUT2D eigenvalue weighted by Gasteiger charge is 2.70. The average Bonchev–Trinajstić information content (AvgIpc) is 2.99. The number of carboxylic acid groups (broad SMARTS) is 1.